The third-order valence-corrected chi connectivity index (χ3v) is 5.98. The average molecular weight is 365 g/mol. The molecule has 4 heterocycles. The molecular formula is C21H24N4S. The van der Waals surface area contributed by atoms with Crippen LogP contribution in [0.3, 0.4) is 0 Å². The maximum absolute atomic E-state index is 4.92. The molecule has 0 saturated carbocycles. The molecular weight excluding hydrogens is 340 g/mol. The molecule has 4 nitrogen and oxygen atoms in total. The van der Waals surface area contributed by atoms with Crippen LogP contribution in [-0.2, 0) is 6.42 Å². The van der Waals surface area contributed by atoms with Gasteiger partial charge < -0.3 is 4.57 Å². The van der Waals surface area contributed by atoms with Crippen molar-refractivity contribution in [3.05, 3.63) is 58.0 Å². The molecule has 0 amide bonds. The first-order valence-electron chi connectivity index (χ1n) is 9.10. The van der Waals surface area contributed by atoms with Gasteiger partial charge in [-0.1, -0.05) is 13.3 Å². The summed E-state index contributed by atoms with van der Waals surface area (Å²) in [4.78, 5) is 6.00. The summed E-state index contributed by atoms with van der Waals surface area (Å²) in [5.74, 6) is 0. The first kappa shape index (κ1) is 17.0. The molecule has 0 aromatic carbocycles. The highest BCUT2D eigenvalue weighted by Gasteiger charge is 2.17. The van der Waals surface area contributed by atoms with Crippen LogP contribution in [0, 0.1) is 27.7 Å². The van der Waals surface area contributed by atoms with Crippen molar-refractivity contribution in [3.63, 3.8) is 0 Å². The minimum atomic E-state index is 0.926. The van der Waals surface area contributed by atoms with Crippen LogP contribution in [0.4, 0.5) is 0 Å². The SMILES string of the molecule is CCCc1c(C)nc2cc(-c3sccc3-n3c(C)ccc3C)nn2c1C. The van der Waals surface area contributed by atoms with E-state index in [-0.39, 0.29) is 0 Å². The van der Waals surface area contributed by atoms with E-state index in [1.165, 1.54) is 33.2 Å². The zero-order valence-electron chi connectivity index (χ0n) is 16.0. The van der Waals surface area contributed by atoms with Crippen LogP contribution in [0.1, 0.15) is 41.7 Å². The lowest BCUT2D eigenvalue weighted by atomic mass is 10.1. The number of rotatable bonds is 4. The highest BCUT2D eigenvalue weighted by Crippen LogP contribution is 2.34. The standard InChI is InChI=1S/C21H24N4S/c1-6-7-17-15(4)22-20-12-18(23-25(20)16(17)5)21-19(10-11-26-21)24-13(2)8-9-14(24)3/h8-12H,6-7H2,1-5H3. The Bertz CT molecular complexity index is 1080. The predicted molar refractivity (Wildman–Crippen MR) is 109 cm³/mol. The molecule has 134 valence electrons. The number of aromatic nitrogens is 4. The fourth-order valence-corrected chi connectivity index (χ4v) is 4.60. The van der Waals surface area contributed by atoms with Gasteiger partial charge in [-0.3, -0.25) is 0 Å². The van der Waals surface area contributed by atoms with E-state index in [1.807, 2.05) is 4.52 Å². The van der Waals surface area contributed by atoms with E-state index in [9.17, 15) is 0 Å². The van der Waals surface area contributed by atoms with Gasteiger partial charge in [0, 0.05) is 28.8 Å². The van der Waals surface area contributed by atoms with E-state index < -0.39 is 0 Å². The molecule has 0 radical (unpaired) electrons. The third-order valence-electron chi connectivity index (χ3n) is 5.05. The molecule has 4 rings (SSSR count). The van der Waals surface area contributed by atoms with E-state index in [0.29, 0.717) is 0 Å². The molecule has 0 saturated heterocycles. The number of hydrogen-bond donors (Lipinski definition) is 0. The van der Waals surface area contributed by atoms with Crippen LogP contribution in [0.15, 0.2) is 29.6 Å². The largest absolute Gasteiger partial charge is 0.317 e. The van der Waals surface area contributed by atoms with Gasteiger partial charge in [-0.15, -0.1) is 11.3 Å². The third kappa shape index (κ3) is 2.58. The van der Waals surface area contributed by atoms with Gasteiger partial charge in [0.15, 0.2) is 5.65 Å². The zero-order valence-corrected chi connectivity index (χ0v) is 16.8. The Hall–Kier alpha value is -2.40. The maximum atomic E-state index is 4.92. The number of fused-ring (bicyclic) bond motifs is 1. The quantitative estimate of drug-likeness (QED) is 0.484. The fourth-order valence-electron chi connectivity index (χ4n) is 3.77. The summed E-state index contributed by atoms with van der Waals surface area (Å²) in [6.07, 6.45) is 2.16. The molecule has 0 N–H and O–H groups in total. The maximum Gasteiger partial charge on any atom is 0.156 e. The van der Waals surface area contributed by atoms with Crippen molar-refractivity contribution in [2.75, 3.05) is 0 Å². The van der Waals surface area contributed by atoms with Gasteiger partial charge in [-0.25, -0.2) is 9.50 Å². The Balaban J connectivity index is 1.90. The predicted octanol–water partition coefficient (Wildman–Crippen LogP) is 5.43. The lowest BCUT2D eigenvalue weighted by Crippen LogP contribution is -2.05. The van der Waals surface area contributed by atoms with Crippen LogP contribution in [0.5, 0.6) is 0 Å². The van der Waals surface area contributed by atoms with Crippen molar-refractivity contribution in [1.29, 1.82) is 0 Å². The van der Waals surface area contributed by atoms with Gasteiger partial charge in [0.25, 0.3) is 0 Å². The fraction of sp³-hybridized carbons (Fsp3) is 0.333. The molecule has 0 aliphatic carbocycles. The summed E-state index contributed by atoms with van der Waals surface area (Å²) in [6.45, 7) is 10.7. The molecule has 0 bridgehead atoms. The molecule has 0 spiro atoms. The smallest absolute Gasteiger partial charge is 0.156 e. The van der Waals surface area contributed by atoms with E-state index in [1.54, 1.807) is 11.3 Å². The molecule has 0 fully saturated rings. The van der Waals surface area contributed by atoms with Crippen molar-refractivity contribution >= 4 is 17.0 Å². The Morgan fingerprint density at radius 3 is 2.46 bits per heavy atom. The lowest BCUT2D eigenvalue weighted by Gasteiger charge is -2.10. The highest BCUT2D eigenvalue weighted by molar-refractivity contribution is 7.14. The van der Waals surface area contributed by atoms with Gasteiger partial charge in [-0.2, -0.15) is 5.10 Å². The summed E-state index contributed by atoms with van der Waals surface area (Å²) >= 11 is 1.73. The van der Waals surface area contributed by atoms with Crippen molar-refractivity contribution in [1.82, 2.24) is 19.2 Å². The second-order valence-electron chi connectivity index (χ2n) is 6.90. The Kier molecular flexibility index (Phi) is 4.19. The van der Waals surface area contributed by atoms with Crippen molar-refractivity contribution in [2.45, 2.75) is 47.5 Å². The summed E-state index contributed by atoms with van der Waals surface area (Å²) in [7, 11) is 0. The van der Waals surface area contributed by atoms with E-state index >= 15 is 0 Å². The first-order chi connectivity index (χ1) is 12.5. The van der Waals surface area contributed by atoms with Crippen LogP contribution in [-0.4, -0.2) is 19.2 Å². The van der Waals surface area contributed by atoms with Gasteiger partial charge in [-0.05, 0) is 63.3 Å². The Labute approximate surface area is 158 Å². The molecule has 5 heteroatoms. The van der Waals surface area contributed by atoms with Crippen molar-refractivity contribution < 1.29 is 0 Å². The number of nitrogens with zero attached hydrogens (tertiary/aromatic N) is 4. The summed E-state index contributed by atoms with van der Waals surface area (Å²) in [5.41, 5.74) is 9.22. The van der Waals surface area contributed by atoms with E-state index in [0.717, 1.165) is 29.9 Å². The minimum Gasteiger partial charge on any atom is -0.317 e. The molecule has 0 unspecified atom stereocenters. The average Bonchev–Trinajstić information content (AvgIpc) is 3.30. The van der Waals surface area contributed by atoms with Gasteiger partial charge in [0.2, 0.25) is 0 Å². The Morgan fingerprint density at radius 2 is 1.77 bits per heavy atom. The molecule has 0 aliphatic heterocycles. The van der Waals surface area contributed by atoms with Crippen LogP contribution < -0.4 is 0 Å². The number of aryl methyl sites for hydroxylation is 4. The monoisotopic (exact) mass is 364 g/mol. The molecule has 4 aromatic rings. The number of hydrogen-bond acceptors (Lipinski definition) is 3. The van der Waals surface area contributed by atoms with Gasteiger partial charge >= 0.3 is 0 Å². The first-order valence-corrected chi connectivity index (χ1v) is 9.98. The molecule has 0 aliphatic rings. The highest BCUT2D eigenvalue weighted by atomic mass is 32.1. The summed E-state index contributed by atoms with van der Waals surface area (Å²) < 4.78 is 4.30. The van der Waals surface area contributed by atoms with Crippen LogP contribution >= 0.6 is 11.3 Å². The minimum absolute atomic E-state index is 0.926. The molecule has 26 heavy (non-hydrogen) atoms. The van der Waals surface area contributed by atoms with Crippen LogP contribution in [0.25, 0.3) is 21.9 Å². The lowest BCUT2D eigenvalue weighted by molar-refractivity contribution is 0.818. The summed E-state index contributed by atoms with van der Waals surface area (Å²) in [6, 6.07) is 8.61. The van der Waals surface area contributed by atoms with Gasteiger partial charge in [0.05, 0.1) is 10.6 Å². The van der Waals surface area contributed by atoms with E-state index in [2.05, 4.69) is 68.8 Å². The van der Waals surface area contributed by atoms with Crippen LogP contribution in [0.2, 0.25) is 0 Å². The summed E-state index contributed by atoms with van der Waals surface area (Å²) in [5, 5.41) is 7.06. The zero-order chi connectivity index (χ0) is 18.4. The second-order valence-corrected chi connectivity index (χ2v) is 7.81. The normalized spacial score (nSPS) is 11.6. The topological polar surface area (TPSA) is 35.1 Å². The second kappa shape index (κ2) is 6.40. The molecule has 0 atom stereocenters. The molecule has 4 aromatic heterocycles. The Morgan fingerprint density at radius 1 is 1.04 bits per heavy atom. The van der Waals surface area contributed by atoms with Crippen molar-refractivity contribution in [3.8, 4) is 16.3 Å². The van der Waals surface area contributed by atoms with E-state index in [4.69, 9.17) is 10.1 Å². The van der Waals surface area contributed by atoms with Crippen molar-refractivity contribution in [2.24, 2.45) is 0 Å². The van der Waals surface area contributed by atoms with Gasteiger partial charge in [0.1, 0.15) is 5.69 Å². The number of thiophene rings is 1.